The van der Waals surface area contributed by atoms with Crippen molar-refractivity contribution >= 4 is 17.0 Å². The first-order valence-corrected chi connectivity index (χ1v) is 8.11. The zero-order valence-corrected chi connectivity index (χ0v) is 13.6. The molecule has 0 heterocycles. The predicted molar refractivity (Wildman–Crippen MR) is 81.3 cm³/mol. The van der Waals surface area contributed by atoms with E-state index in [4.69, 9.17) is 4.74 Å². The predicted octanol–water partition coefficient (Wildman–Crippen LogP) is 2.56. The van der Waals surface area contributed by atoms with E-state index in [0.717, 1.165) is 0 Å². The molecule has 1 N–H and O–H groups in total. The first-order chi connectivity index (χ1) is 9.74. The molecule has 0 aliphatic rings. The lowest BCUT2D eigenvalue weighted by Gasteiger charge is -2.28. The van der Waals surface area contributed by atoms with E-state index >= 15 is 0 Å². The molecule has 1 rings (SSSR count). The Morgan fingerprint density at radius 3 is 2.62 bits per heavy atom. The second-order valence-corrected chi connectivity index (χ2v) is 7.00. The minimum atomic E-state index is -1.50. The molecule has 2 unspecified atom stereocenters. The molecule has 0 bridgehead atoms. The second kappa shape index (κ2) is 7.66. The highest BCUT2D eigenvalue weighted by atomic mass is 32.2. The Balaban J connectivity index is 2.75. The van der Waals surface area contributed by atoms with Crippen molar-refractivity contribution in [2.24, 2.45) is 5.41 Å². The molecule has 0 saturated carbocycles. The van der Waals surface area contributed by atoms with E-state index in [1.807, 2.05) is 20.8 Å². The summed E-state index contributed by atoms with van der Waals surface area (Å²) in [6.45, 7) is 7.58. The molecule has 0 aliphatic heterocycles. The van der Waals surface area contributed by atoms with Crippen LogP contribution in [0.15, 0.2) is 24.3 Å². The van der Waals surface area contributed by atoms with E-state index in [0.29, 0.717) is 5.56 Å². The van der Waals surface area contributed by atoms with Gasteiger partial charge in [0.1, 0.15) is 11.9 Å². The van der Waals surface area contributed by atoms with Crippen molar-refractivity contribution < 1.29 is 18.1 Å². The normalized spacial score (nSPS) is 14.5. The third-order valence-corrected chi connectivity index (χ3v) is 3.92. The third kappa shape index (κ3) is 5.93. The van der Waals surface area contributed by atoms with Gasteiger partial charge in [0.2, 0.25) is 0 Å². The number of esters is 1. The summed E-state index contributed by atoms with van der Waals surface area (Å²) < 4.78 is 33.1. The van der Waals surface area contributed by atoms with Crippen molar-refractivity contribution in [2.75, 3.05) is 6.61 Å². The molecule has 0 fully saturated rings. The first kappa shape index (κ1) is 17.8. The molecular weight excluding hydrogens is 293 g/mol. The van der Waals surface area contributed by atoms with Gasteiger partial charge in [0.15, 0.2) is 0 Å². The molecule has 0 aliphatic carbocycles. The lowest BCUT2D eigenvalue weighted by Crippen LogP contribution is -2.48. The Kier molecular flexibility index (Phi) is 6.48. The van der Waals surface area contributed by atoms with Gasteiger partial charge in [-0.05, 0) is 30.0 Å². The lowest BCUT2D eigenvalue weighted by molar-refractivity contribution is -0.147. The third-order valence-electron chi connectivity index (χ3n) is 2.82. The van der Waals surface area contributed by atoms with Crippen LogP contribution in [-0.4, -0.2) is 22.8 Å². The molecule has 2 atom stereocenters. The van der Waals surface area contributed by atoms with Crippen LogP contribution in [0, 0.1) is 11.2 Å². The average Bonchev–Trinajstić information content (AvgIpc) is 2.34. The monoisotopic (exact) mass is 315 g/mol. The van der Waals surface area contributed by atoms with Crippen LogP contribution >= 0.6 is 0 Å². The highest BCUT2D eigenvalue weighted by Gasteiger charge is 2.33. The fourth-order valence-electron chi connectivity index (χ4n) is 1.76. The molecule has 0 aromatic heterocycles. The van der Waals surface area contributed by atoms with E-state index in [9.17, 15) is 13.4 Å². The SMILES string of the molecule is CCOC(=O)C(NS(=O)Cc1cccc(F)c1)C(C)(C)C. The summed E-state index contributed by atoms with van der Waals surface area (Å²) in [4.78, 5) is 12.0. The lowest BCUT2D eigenvalue weighted by atomic mass is 9.87. The highest BCUT2D eigenvalue weighted by Crippen LogP contribution is 2.21. The number of rotatable bonds is 6. The molecule has 1 aromatic rings. The van der Waals surface area contributed by atoms with Crippen molar-refractivity contribution in [3.05, 3.63) is 35.6 Å². The van der Waals surface area contributed by atoms with Gasteiger partial charge in [-0.15, -0.1) is 0 Å². The second-order valence-electron chi connectivity index (χ2n) is 5.79. The van der Waals surface area contributed by atoms with Crippen LogP contribution < -0.4 is 4.72 Å². The average molecular weight is 315 g/mol. The van der Waals surface area contributed by atoms with Crippen molar-refractivity contribution in [2.45, 2.75) is 39.5 Å². The zero-order chi connectivity index (χ0) is 16.0. The smallest absolute Gasteiger partial charge is 0.324 e. The number of carbonyl (C=O) groups is 1. The zero-order valence-electron chi connectivity index (χ0n) is 12.8. The molecule has 0 amide bonds. The fraction of sp³-hybridized carbons (Fsp3) is 0.533. The summed E-state index contributed by atoms with van der Waals surface area (Å²) in [5.41, 5.74) is 0.168. The number of halogens is 1. The molecule has 0 saturated heterocycles. The molecular formula is C15H22FNO3S. The number of carbonyl (C=O) groups excluding carboxylic acids is 1. The van der Waals surface area contributed by atoms with Gasteiger partial charge in [-0.1, -0.05) is 32.9 Å². The Hall–Kier alpha value is -1.27. The molecule has 6 heteroatoms. The van der Waals surface area contributed by atoms with Gasteiger partial charge in [-0.25, -0.2) is 13.3 Å². The summed E-state index contributed by atoms with van der Waals surface area (Å²) in [5.74, 6) is -0.677. The van der Waals surface area contributed by atoms with E-state index in [2.05, 4.69) is 4.72 Å². The van der Waals surface area contributed by atoms with Gasteiger partial charge in [0.05, 0.1) is 23.3 Å². The maximum Gasteiger partial charge on any atom is 0.324 e. The maximum atomic E-state index is 13.1. The van der Waals surface area contributed by atoms with Gasteiger partial charge in [-0.2, -0.15) is 0 Å². The van der Waals surface area contributed by atoms with Gasteiger partial charge >= 0.3 is 5.97 Å². The van der Waals surface area contributed by atoms with Gasteiger partial charge in [0.25, 0.3) is 0 Å². The van der Waals surface area contributed by atoms with Gasteiger partial charge in [0, 0.05) is 0 Å². The number of hydrogen-bond donors (Lipinski definition) is 1. The molecule has 118 valence electrons. The van der Waals surface area contributed by atoms with Crippen LogP contribution in [0.2, 0.25) is 0 Å². The van der Waals surface area contributed by atoms with Crippen LogP contribution in [0.5, 0.6) is 0 Å². The first-order valence-electron chi connectivity index (χ1n) is 6.79. The topological polar surface area (TPSA) is 55.4 Å². The van der Waals surface area contributed by atoms with E-state index in [-0.39, 0.29) is 18.2 Å². The minimum Gasteiger partial charge on any atom is -0.465 e. The van der Waals surface area contributed by atoms with Crippen molar-refractivity contribution in [1.82, 2.24) is 4.72 Å². The molecule has 4 nitrogen and oxygen atoms in total. The summed E-state index contributed by atoms with van der Waals surface area (Å²) >= 11 is 0. The van der Waals surface area contributed by atoms with Crippen LogP contribution in [-0.2, 0) is 26.3 Å². The Morgan fingerprint density at radius 2 is 2.10 bits per heavy atom. The van der Waals surface area contributed by atoms with Gasteiger partial charge in [-0.3, -0.25) is 4.79 Å². The maximum absolute atomic E-state index is 13.1. The van der Waals surface area contributed by atoms with E-state index in [1.165, 1.54) is 12.1 Å². The van der Waals surface area contributed by atoms with Crippen molar-refractivity contribution in [3.63, 3.8) is 0 Å². The highest BCUT2D eigenvalue weighted by molar-refractivity contribution is 7.82. The quantitative estimate of drug-likeness (QED) is 0.821. The molecule has 1 aromatic carbocycles. The molecule has 21 heavy (non-hydrogen) atoms. The van der Waals surface area contributed by atoms with Crippen LogP contribution in [0.3, 0.4) is 0 Å². The standard InChI is InChI=1S/C15H22FNO3S/c1-5-20-14(18)13(15(2,3)4)17-21(19)10-11-7-6-8-12(16)9-11/h6-9,13,17H,5,10H2,1-4H3. The van der Waals surface area contributed by atoms with Crippen LogP contribution in [0.1, 0.15) is 33.3 Å². The number of hydrogen-bond acceptors (Lipinski definition) is 3. The summed E-state index contributed by atoms with van der Waals surface area (Å²) in [6.07, 6.45) is 0. The number of benzene rings is 1. The summed E-state index contributed by atoms with van der Waals surface area (Å²) in [6, 6.07) is 5.23. The summed E-state index contributed by atoms with van der Waals surface area (Å²) in [5, 5.41) is 0. The minimum absolute atomic E-state index is 0.129. The Labute approximate surface area is 127 Å². The van der Waals surface area contributed by atoms with E-state index < -0.39 is 28.4 Å². The van der Waals surface area contributed by atoms with Crippen molar-refractivity contribution in [3.8, 4) is 0 Å². The van der Waals surface area contributed by atoms with Crippen LogP contribution in [0.25, 0.3) is 0 Å². The largest absolute Gasteiger partial charge is 0.465 e. The molecule has 0 radical (unpaired) electrons. The van der Waals surface area contributed by atoms with E-state index in [1.54, 1.807) is 19.1 Å². The van der Waals surface area contributed by atoms with Gasteiger partial charge < -0.3 is 4.74 Å². The summed E-state index contributed by atoms with van der Waals surface area (Å²) in [7, 11) is -1.50. The Morgan fingerprint density at radius 1 is 1.43 bits per heavy atom. The number of nitrogens with one attached hydrogen (secondary N) is 1. The number of ether oxygens (including phenoxy) is 1. The molecule has 0 spiro atoms. The van der Waals surface area contributed by atoms with Crippen LogP contribution in [0.4, 0.5) is 4.39 Å². The van der Waals surface area contributed by atoms with Crippen molar-refractivity contribution in [1.29, 1.82) is 0 Å². The fourth-order valence-corrected chi connectivity index (χ4v) is 3.03. The Bertz CT molecular complexity index is 514.